The van der Waals surface area contributed by atoms with Gasteiger partial charge >= 0.3 is 0 Å². The molecular formula is C15H13F2N3Si. The van der Waals surface area contributed by atoms with Crippen LogP contribution < -0.4 is 5.32 Å². The lowest BCUT2D eigenvalue weighted by molar-refractivity contribution is 0.509. The number of rotatable bonds is 2. The molecule has 1 aromatic rings. The molecule has 106 valence electrons. The molecule has 0 saturated carbocycles. The van der Waals surface area contributed by atoms with Gasteiger partial charge in [0.05, 0.1) is 11.3 Å². The number of halogens is 2. The summed E-state index contributed by atoms with van der Waals surface area (Å²) in [6, 6.07) is 5.89. The molecule has 6 heteroatoms. The Morgan fingerprint density at radius 1 is 1.14 bits per heavy atom. The summed E-state index contributed by atoms with van der Waals surface area (Å²) in [6.07, 6.45) is 1.02. The molecule has 0 atom stereocenters. The van der Waals surface area contributed by atoms with Crippen molar-refractivity contribution in [1.82, 2.24) is 0 Å². The third-order valence-corrected chi connectivity index (χ3v) is 3.14. The minimum absolute atomic E-state index is 0.00903. The van der Waals surface area contributed by atoms with Gasteiger partial charge in [-0.2, -0.15) is 10.5 Å². The van der Waals surface area contributed by atoms with Gasteiger partial charge in [-0.15, -0.1) is 5.54 Å². The van der Waals surface area contributed by atoms with Crippen LogP contribution in [-0.2, 0) is 0 Å². The summed E-state index contributed by atoms with van der Waals surface area (Å²) in [5, 5.41) is 19.5. The summed E-state index contributed by atoms with van der Waals surface area (Å²) in [5.41, 5.74) is 2.55. The number of anilines is 1. The summed E-state index contributed by atoms with van der Waals surface area (Å²) in [7, 11) is -1.68. The van der Waals surface area contributed by atoms with Gasteiger partial charge in [0.15, 0.2) is 11.6 Å². The van der Waals surface area contributed by atoms with Crippen molar-refractivity contribution < 1.29 is 8.78 Å². The molecule has 0 aliphatic heterocycles. The minimum atomic E-state index is -1.68. The van der Waals surface area contributed by atoms with Crippen molar-refractivity contribution in [2.75, 3.05) is 5.32 Å². The van der Waals surface area contributed by atoms with Crippen LogP contribution in [0.1, 0.15) is 5.56 Å². The van der Waals surface area contributed by atoms with E-state index in [4.69, 9.17) is 10.5 Å². The van der Waals surface area contributed by atoms with E-state index in [1.807, 2.05) is 19.6 Å². The normalized spacial score (nSPS) is 9.67. The van der Waals surface area contributed by atoms with E-state index >= 15 is 0 Å². The number of benzene rings is 1. The highest BCUT2D eigenvalue weighted by molar-refractivity contribution is 6.83. The van der Waals surface area contributed by atoms with E-state index in [1.54, 1.807) is 12.1 Å². The zero-order valence-electron chi connectivity index (χ0n) is 11.9. The zero-order chi connectivity index (χ0) is 16.0. The lowest BCUT2D eigenvalue weighted by Gasteiger charge is -2.06. The van der Waals surface area contributed by atoms with E-state index in [2.05, 4.69) is 16.8 Å². The second-order valence-electron chi connectivity index (χ2n) is 5.21. The number of nitriles is 2. The average Bonchev–Trinajstić information content (AvgIpc) is 2.42. The molecule has 0 heterocycles. The Bertz CT molecular complexity index is 707. The summed E-state index contributed by atoms with van der Waals surface area (Å²) in [6.45, 7) is 6.00. The molecule has 1 aromatic carbocycles. The molecule has 0 radical (unpaired) electrons. The molecule has 3 nitrogen and oxygen atoms in total. The molecule has 0 spiro atoms. The Balaban J connectivity index is 3.12. The maximum absolute atomic E-state index is 13.9. The molecule has 1 rings (SSSR count). The van der Waals surface area contributed by atoms with E-state index in [-0.39, 0.29) is 16.8 Å². The van der Waals surface area contributed by atoms with Gasteiger partial charge in [0.25, 0.3) is 0 Å². The van der Waals surface area contributed by atoms with E-state index in [1.165, 1.54) is 12.1 Å². The quantitative estimate of drug-likeness (QED) is 0.516. The molecule has 21 heavy (non-hydrogen) atoms. The number of hydrogen-bond acceptors (Lipinski definition) is 3. The van der Waals surface area contributed by atoms with Gasteiger partial charge in [-0.25, -0.2) is 8.78 Å². The van der Waals surface area contributed by atoms with Gasteiger partial charge in [-0.3, -0.25) is 0 Å². The standard InChI is InChI=1S/C15H13F2N3Si/c1-21(2,3)7-6-12-4-5-13(15(17)14(12)16)20-10-11(8-18)9-19/h4-5,10,20H,1-3H3. The topological polar surface area (TPSA) is 59.6 Å². The molecule has 0 fully saturated rings. The smallest absolute Gasteiger partial charge is 0.183 e. The van der Waals surface area contributed by atoms with E-state index in [0.717, 1.165) is 6.20 Å². The minimum Gasteiger partial charge on any atom is -0.357 e. The van der Waals surface area contributed by atoms with E-state index < -0.39 is 19.7 Å². The van der Waals surface area contributed by atoms with Crippen LogP contribution in [0, 0.1) is 45.8 Å². The van der Waals surface area contributed by atoms with Crippen LogP contribution in [0.15, 0.2) is 23.9 Å². The maximum atomic E-state index is 13.9. The van der Waals surface area contributed by atoms with Gasteiger partial charge in [0.2, 0.25) is 0 Å². The third-order valence-electron chi connectivity index (χ3n) is 2.27. The van der Waals surface area contributed by atoms with Gasteiger partial charge < -0.3 is 5.32 Å². The fourth-order valence-corrected chi connectivity index (χ4v) is 1.76. The highest BCUT2D eigenvalue weighted by Crippen LogP contribution is 2.20. The van der Waals surface area contributed by atoms with Crippen LogP contribution in [0.25, 0.3) is 0 Å². The van der Waals surface area contributed by atoms with Gasteiger partial charge in [-0.1, -0.05) is 25.6 Å². The molecule has 0 aliphatic carbocycles. The zero-order valence-corrected chi connectivity index (χ0v) is 12.9. The summed E-state index contributed by atoms with van der Waals surface area (Å²) in [4.78, 5) is 0. The molecular weight excluding hydrogens is 288 g/mol. The van der Waals surface area contributed by atoms with Crippen molar-refractivity contribution in [2.45, 2.75) is 19.6 Å². The lowest BCUT2D eigenvalue weighted by Crippen LogP contribution is -2.16. The molecule has 0 saturated heterocycles. The Labute approximate surface area is 123 Å². The van der Waals surface area contributed by atoms with Crippen LogP contribution in [0.2, 0.25) is 19.6 Å². The predicted molar refractivity (Wildman–Crippen MR) is 79.5 cm³/mol. The molecule has 0 aliphatic rings. The van der Waals surface area contributed by atoms with E-state index in [9.17, 15) is 8.78 Å². The van der Waals surface area contributed by atoms with Crippen molar-refractivity contribution in [3.05, 3.63) is 41.1 Å². The highest BCUT2D eigenvalue weighted by Gasteiger charge is 2.13. The maximum Gasteiger partial charge on any atom is 0.183 e. The number of allylic oxidation sites excluding steroid dienone is 1. The van der Waals surface area contributed by atoms with Crippen molar-refractivity contribution in [2.24, 2.45) is 0 Å². The molecule has 0 bridgehead atoms. The number of nitrogens with one attached hydrogen (secondary N) is 1. The van der Waals surface area contributed by atoms with Crippen molar-refractivity contribution in [1.29, 1.82) is 10.5 Å². The van der Waals surface area contributed by atoms with Gasteiger partial charge in [-0.05, 0) is 12.1 Å². The SMILES string of the molecule is C[Si](C)(C)C#Cc1ccc(NC=C(C#N)C#N)c(F)c1F. The van der Waals surface area contributed by atoms with Crippen LogP contribution in [-0.4, -0.2) is 8.07 Å². The van der Waals surface area contributed by atoms with Crippen LogP contribution in [0.3, 0.4) is 0 Å². The fraction of sp³-hybridized carbons (Fsp3) is 0.200. The lowest BCUT2D eigenvalue weighted by atomic mass is 10.2. The molecule has 0 amide bonds. The van der Waals surface area contributed by atoms with Gasteiger partial charge in [0.1, 0.15) is 25.8 Å². The monoisotopic (exact) mass is 301 g/mol. The second-order valence-corrected chi connectivity index (χ2v) is 9.96. The molecule has 0 aromatic heterocycles. The Morgan fingerprint density at radius 3 is 2.29 bits per heavy atom. The van der Waals surface area contributed by atoms with Crippen LogP contribution >= 0.6 is 0 Å². The largest absolute Gasteiger partial charge is 0.357 e. The first-order chi connectivity index (χ1) is 9.78. The first-order valence-electron chi connectivity index (χ1n) is 6.06. The van der Waals surface area contributed by atoms with Crippen LogP contribution in [0.4, 0.5) is 14.5 Å². The first-order valence-corrected chi connectivity index (χ1v) is 9.56. The molecule has 0 unspecified atom stereocenters. The fourth-order valence-electron chi connectivity index (χ4n) is 1.25. The number of hydrogen-bond donors (Lipinski definition) is 1. The summed E-state index contributed by atoms with van der Waals surface area (Å²) < 4.78 is 27.7. The Hall–Kier alpha value is -2.62. The van der Waals surface area contributed by atoms with E-state index in [0.29, 0.717) is 0 Å². The van der Waals surface area contributed by atoms with Crippen LogP contribution in [0.5, 0.6) is 0 Å². The summed E-state index contributed by atoms with van der Waals surface area (Å²) in [5.74, 6) is 0.517. The molecule has 1 N–H and O–H groups in total. The Morgan fingerprint density at radius 2 is 1.76 bits per heavy atom. The average molecular weight is 301 g/mol. The first kappa shape index (κ1) is 16.4. The van der Waals surface area contributed by atoms with Crippen molar-refractivity contribution in [3.8, 4) is 23.6 Å². The highest BCUT2D eigenvalue weighted by atomic mass is 28.3. The number of nitrogens with zero attached hydrogens (tertiary/aromatic N) is 2. The predicted octanol–water partition coefficient (Wildman–Crippen LogP) is 3.54. The summed E-state index contributed by atoms with van der Waals surface area (Å²) >= 11 is 0. The second kappa shape index (κ2) is 6.70. The third kappa shape index (κ3) is 4.76. The van der Waals surface area contributed by atoms with Gasteiger partial charge in [0, 0.05) is 6.20 Å². The Kier molecular flexibility index (Phi) is 5.24. The van der Waals surface area contributed by atoms with Crippen molar-refractivity contribution in [3.63, 3.8) is 0 Å². The van der Waals surface area contributed by atoms with Crippen molar-refractivity contribution >= 4 is 13.8 Å².